The number of carbonyl (C=O) groups is 2. The number of amides is 3. The summed E-state index contributed by atoms with van der Waals surface area (Å²) in [5.74, 6) is 0.774. The fourth-order valence-corrected chi connectivity index (χ4v) is 5.01. The number of rotatable bonds is 8. The average Bonchev–Trinajstić information content (AvgIpc) is 3.27. The second kappa shape index (κ2) is 11.0. The minimum absolute atomic E-state index is 0.0187. The van der Waals surface area contributed by atoms with E-state index in [0.717, 1.165) is 38.4 Å². The van der Waals surface area contributed by atoms with Crippen molar-refractivity contribution < 1.29 is 19.4 Å². The van der Waals surface area contributed by atoms with Crippen molar-refractivity contribution >= 4 is 23.0 Å². The van der Waals surface area contributed by atoms with Crippen LogP contribution in [0.5, 0.6) is 5.75 Å². The molecule has 0 saturated carbocycles. The lowest BCUT2D eigenvalue weighted by Gasteiger charge is -2.29. The van der Waals surface area contributed by atoms with Crippen LogP contribution in [0.2, 0.25) is 0 Å². The molecule has 1 aromatic heterocycles. The van der Waals surface area contributed by atoms with E-state index in [-0.39, 0.29) is 25.2 Å². The first kappa shape index (κ1) is 26.0. The smallest absolute Gasteiger partial charge is 0.426 e. The predicted molar refractivity (Wildman–Crippen MR) is 149 cm³/mol. The maximum atomic E-state index is 13.8. The van der Waals surface area contributed by atoms with E-state index in [1.54, 1.807) is 18.2 Å². The number of hydrazine groups is 1. The summed E-state index contributed by atoms with van der Waals surface area (Å²) in [7, 11) is 1.63. The fraction of sp³-hybridized carbons (Fsp3) is 0.258. The summed E-state index contributed by atoms with van der Waals surface area (Å²) in [4.78, 5) is 32.5. The van der Waals surface area contributed by atoms with Gasteiger partial charge in [0, 0.05) is 18.1 Å². The molecule has 4 aromatic rings. The van der Waals surface area contributed by atoms with Crippen molar-refractivity contribution in [3.63, 3.8) is 0 Å². The summed E-state index contributed by atoms with van der Waals surface area (Å²) in [6, 6.07) is 22.9. The van der Waals surface area contributed by atoms with E-state index in [2.05, 4.69) is 24.0 Å². The number of fused-ring (bicyclic) bond motifs is 1. The summed E-state index contributed by atoms with van der Waals surface area (Å²) in [6.07, 6.45) is 1.11. The first-order valence-electron chi connectivity index (χ1n) is 13.0. The van der Waals surface area contributed by atoms with Crippen LogP contribution in [-0.4, -0.2) is 57.3 Å². The van der Waals surface area contributed by atoms with Crippen molar-refractivity contribution in [3.8, 4) is 5.75 Å². The second-order valence-corrected chi connectivity index (χ2v) is 9.89. The number of carbonyl (C=O) groups excluding carboxylic acids is 1. The highest BCUT2D eigenvalue weighted by atomic mass is 16.5. The van der Waals surface area contributed by atoms with Crippen LogP contribution in [0, 0.1) is 13.8 Å². The molecule has 1 unspecified atom stereocenters. The van der Waals surface area contributed by atoms with Crippen LogP contribution in [0.1, 0.15) is 33.9 Å². The molecule has 1 fully saturated rings. The number of benzene rings is 3. The number of hydrogen-bond donors (Lipinski definition) is 1. The molecule has 1 aliphatic heterocycles. The molecular weight excluding hydrogens is 492 g/mol. The number of urea groups is 1. The normalized spacial score (nSPS) is 15.2. The quantitative estimate of drug-likeness (QED) is 0.307. The maximum absolute atomic E-state index is 13.8. The number of carboxylic acid groups (broad SMARTS) is 1. The summed E-state index contributed by atoms with van der Waals surface area (Å²) in [6.45, 7) is 4.80. The Labute approximate surface area is 228 Å². The van der Waals surface area contributed by atoms with Crippen molar-refractivity contribution in [1.82, 2.24) is 19.9 Å². The van der Waals surface area contributed by atoms with Crippen molar-refractivity contribution in [2.75, 3.05) is 20.2 Å². The fourth-order valence-electron chi connectivity index (χ4n) is 5.01. The van der Waals surface area contributed by atoms with E-state index in [4.69, 9.17) is 4.74 Å². The second-order valence-electron chi connectivity index (χ2n) is 9.89. The Morgan fingerprint density at radius 3 is 2.51 bits per heavy atom. The molecule has 1 aliphatic rings. The molecule has 1 atom stereocenters. The van der Waals surface area contributed by atoms with Crippen LogP contribution < -0.4 is 4.74 Å². The summed E-state index contributed by atoms with van der Waals surface area (Å²) in [5.41, 5.74) is 5.90. The molecule has 3 aromatic carbocycles. The molecule has 39 heavy (non-hydrogen) atoms. The molecule has 0 spiro atoms. The summed E-state index contributed by atoms with van der Waals surface area (Å²) in [5, 5.41) is 13.6. The van der Waals surface area contributed by atoms with Gasteiger partial charge in [0.15, 0.2) is 0 Å². The highest BCUT2D eigenvalue weighted by molar-refractivity contribution is 5.81. The molecule has 200 valence electrons. The Kier molecular flexibility index (Phi) is 7.36. The van der Waals surface area contributed by atoms with Crippen molar-refractivity contribution in [2.24, 2.45) is 0 Å². The molecule has 8 heteroatoms. The molecule has 8 nitrogen and oxygen atoms in total. The third-order valence-electron chi connectivity index (χ3n) is 7.40. The molecule has 0 aliphatic carbocycles. The van der Waals surface area contributed by atoms with Crippen LogP contribution in [0.25, 0.3) is 10.9 Å². The lowest BCUT2D eigenvalue weighted by molar-refractivity contribution is 0.0261. The number of aryl methyl sites for hydroxylation is 2. The molecular formula is C31H32N4O4. The Morgan fingerprint density at radius 1 is 1.03 bits per heavy atom. The van der Waals surface area contributed by atoms with Crippen LogP contribution >= 0.6 is 0 Å². The topological polar surface area (TPSA) is 86.2 Å². The van der Waals surface area contributed by atoms with Gasteiger partial charge in [-0.15, -0.1) is 0 Å². The van der Waals surface area contributed by atoms with Crippen molar-refractivity contribution in [1.29, 1.82) is 0 Å². The molecule has 5 rings (SSSR count). The molecule has 1 saturated heterocycles. The largest absolute Gasteiger partial charge is 0.497 e. The van der Waals surface area contributed by atoms with Gasteiger partial charge in [0.1, 0.15) is 5.75 Å². The van der Waals surface area contributed by atoms with Gasteiger partial charge >= 0.3 is 12.1 Å². The average molecular weight is 525 g/mol. The highest BCUT2D eigenvalue weighted by Crippen LogP contribution is 2.33. The van der Waals surface area contributed by atoms with Crippen LogP contribution in [0.4, 0.5) is 9.59 Å². The van der Waals surface area contributed by atoms with Crippen molar-refractivity contribution in [3.05, 3.63) is 107 Å². The van der Waals surface area contributed by atoms with Gasteiger partial charge < -0.3 is 14.7 Å². The summed E-state index contributed by atoms with van der Waals surface area (Å²) < 4.78 is 5.26. The maximum Gasteiger partial charge on any atom is 0.426 e. The first-order valence-corrected chi connectivity index (χ1v) is 13.0. The minimum Gasteiger partial charge on any atom is -0.497 e. The number of aromatic nitrogens is 1. The zero-order valence-corrected chi connectivity index (χ0v) is 22.4. The van der Waals surface area contributed by atoms with Gasteiger partial charge in [-0.25, -0.2) is 19.6 Å². The number of hydrogen-bond acceptors (Lipinski definition) is 4. The van der Waals surface area contributed by atoms with Crippen molar-refractivity contribution in [2.45, 2.75) is 32.9 Å². The number of methoxy groups -OCH3 is 1. The lowest BCUT2D eigenvalue weighted by Crippen LogP contribution is -2.47. The van der Waals surface area contributed by atoms with Gasteiger partial charge in [-0.1, -0.05) is 48.5 Å². The summed E-state index contributed by atoms with van der Waals surface area (Å²) >= 11 is 0. The zero-order valence-electron chi connectivity index (χ0n) is 22.4. The van der Waals surface area contributed by atoms with E-state index in [9.17, 15) is 14.7 Å². The lowest BCUT2D eigenvalue weighted by atomic mass is 10.0. The molecule has 2 heterocycles. The monoisotopic (exact) mass is 524 g/mol. The number of para-hydroxylation sites is 1. The Morgan fingerprint density at radius 2 is 1.79 bits per heavy atom. The van der Waals surface area contributed by atoms with E-state index in [1.807, 2.05) is 67.6 Å². The minimum atomic E-state index is -1.19. The van der Waals surface area contributed by atoms with Crippen LogP contribution in [-0.2, 0) is 13.0 Å². The number of nitrogens with zero attached hydrogens (tertiary/aromatic N) is 4. The standard InChI is InChI=1S/C31H32N4O4/c1-21-8-11-26(16-22(21)2)29-20-34(30(36)33(29)15-14-23-9-12-27(39-3)13-10-23)35(31(37)38)19-24-17-25-6-4-5-7-28(25)32-18-24/h4-13,16-18,29H,14-15,19-20H2,1-3H3,(H,37,38). The third-order valence-corrected chi connectivity index (χ3v) is 7.40. The van der Waals surface area contributed by atoms with E-state index in [1.165, 1.54) is 10.6 Å². The third kappa shape index (κ3) is 5.50. The van der Waals surface area contributed by atoms with E-state index >= 15 is 0 Å². The molecule has 1 N–H and O–H groups in total. The van der Waals surface area contributed by atoms with Gasteiger partial charge in [0.05, 0.1) is 31.8 Å². The highest BCUT2D eigenvalue weighted by Gasteiger charge is 2.42. The van der Waals surface area contributed by atoms with E-state index in [0.29, 0.717) is 18.5 Å². The Balaban J connectivity index is 1.43. The Hall–Kier alpha value is -4.59. The van der Waals surface area contributed by atoms with Gasteiger partial charge in [0.25, 0.3) is 0 Å². The van der Waals surface area contributed by atoms with Gasteiger partial charge in [-0.3, -0.25) is 4.98 Å². The number of pyridine rings is 1. The van der Waals surface area contributed by atoms with Gasteiger partial charge in [0.2, 0.25) is 0 Å². The first-order chi connectivity index (χ1) is 18.8. The Bertz CT molecular complexity index is 1500. The van der Waals surface area contributed by atoms with E-state index < -0.39 is 6.09 Å². The van der Waals surface area contributed by atoms with Gasteiger partial charge in [-0.2, -0.15) is 0 Å². The number of ether oxygens (including phenoxy) is 1. The predicted octanol–water partition coefficient (Wildman–Crippen LogP) is 5.98. The zero-order chi connectivity index (χ0) is 27.5. The SMILES string of the molecule is COc1ccc(CCN2C(=O)N(N(Cc3cnc4ccccc4c3)C(=O)O)CC2c2ccc(C)c(C)c2)cc1. The van der Waals surface area contributed by atoms with Crippen LogP contribution in [0.3, 0.4) is 0 Å². The molecule has 3 amide bonds. The molecule has 0 radical (unpaired) electrons. The van der Waals surface area contributed by atoms with Gasteiger partial charge in [-0.05, 0) is 72.4 Å². The van der Waals surface area contributed by atoms with Crippen LogP contribution in [0.15, 0.2) is 79.0 Å². The molecule has 0 bridgehead atoms.